The highest BCUT2D eigenvalue weighted by molar-refractivity contribution is 6.30. The molecule has 0 atom stereocenters. The van der Waals surface area contributed by atoms with Crippen molar-refractivity contribution in [1.29, 1.82) is 0 Å². The highest BCUT2D eigenvalue weighted by Gasteiger charge is 2.36. The zero-order valence-corrected chi connectivity index (χ0v) is 12.5. The van der Waals surface area contributed by atoms with E-state index in [1.165, 1.54) is 6.92 Å². The zero-order chi connectivity index (χ0) is 16.4. The van der Waals surface area contributed by atoms with Crippen LogP contribution in [0.3, 0.4) is 0 Å². The predicted octanol–water partition coefficient (Wildman–Crippen LogP) is 2.51. The molecule has 0 aromatic heterocycles. The molecule has 2 N–H and O–H groups in total. The van der Waals surface area contributed by atoms with E-state index in [0.29, 0.717) is 10.7 Å². The Balaban J connectivity index is 2.46. The van der Waals surface area contributed by atoms with Gasteiger partial charge in [-0.05, 0) is 38.1 Å². The smallest absolute Gasteiger partial charge is 0.353 e. The average Bonchev–Trinajstić information content (AvgIpc) is 2.40. The van der Waals surface area contributed by atoms with Gasteiger partial charge in [-0.15, -0.1) is 0 Å². The minimum atomic E-state index is -1.15. The minimum Gasteiger partial charge on any atom is -0.506 e. The zero-order valence-electron chi connectivity index (χ0n) is 11.8. The molecular weight excluding hydrogens is 310 g/mol. The summed E-state index contributed by atoms with van der Waals surface area (Å²) in [6.07, 6.45) is 0. The number of hydrogen-bond donors (Lipinski definition) is 2. The first-order chi connectivity index (χ1) is 10.3. The molecule has 1 aliphatic rings. The maximum Gasteiger partial charge on any atom is 0.353 e. The van der Waals surface area contributed by atoms with E-state index >= 15 is 0 Å². The number of hydrogen-bond acceptors (Lipinski definition) is 6. The maximum absolute atomic E-state index is 11.8. The molecule has 1 aliphatic heterocycles. The lowest BCUT2D eigenvalue weighted by Crippen LogP contribution is -2.29. The number of aliphatic hydroxyl groups excluding tert-OH is 1. The van der Waals surface area contributed by atoms with Crippen molar-refractivity contribution in [1.82, 2.24) is 0 Å². The molecule has 0 radical (unpaired) electrons. The number of benzene rings is 1. The number of allylic oxidation sites excluding steroid dienone is 1. The minimum absolute atomic E-state index is 0.232. The second kappa shape index (κ2) is 6.03. The summed E-state index contributed by atoms with van der Waals surface area (Å²) in [5, 5.41) is 13.5. The lowest BCUT2D eigenvalue weighted by molar-refractivity contribution is -0.155. The molecule has 0 spiro atoms. The van der Waals surface area contributed by atoms with E-state index in [-0.39, 0.29) is 11.3 Å². The quantitative estimate of drug-likeness (QED) is 0.384. The average molecular weight is 322 g/mol. The van der Waals surface area contributed by atoms with Gasteiger partial charge in [-0.2, -0.15) is 0 Å². The number of halogens is 1. The number of Topliss-reactive ketones (excluding diaryl/α,β-unsaturated/α-hetero) is 1. The van der Waals surface area contributed by atoms with Gasteiger partial charge in [0.25, 0.3) is 0 Å². The molecule has 0 amide bonds. The van der Waals surface area contributed by atoms with Crippen LogP contribution in [0.1, 0.15) is 13.8 Å². The Hall–Kier alpha value is -2.60. The number of aliphatic hydroxyl groups is 1. The fraction of sp³-hybridized carbons (Fsp3) is 0.133. The molecule has 2 rings (SSSR count). The standard InChI is InChI=1S/C15H12ClNO5/c1-7(17-10-5-3-9(16)4-6-10)11-13(19)12(8(2)18)15(21)22-14(11)20/h3-6,17,19H,1-2H3. The van der Waals surface area contributed by atoms with Crippen LogP contribution in [0.5, 0.6) is 0 Å². The van der Waals surface area contributed by atoms with Gasteiger partial charge in [0.05, 0.1) is 0 Å². The van der Waals surface area contributed by atoms with Gasteiger partial charge in [-0.1, -0.05) is 11.6 Å². The molecular formula is C15H12ClNO5. The van der Waals surface area contributed by atoms with E-state index in [0.717, 1.165) is 6.92 Å². The van der Waals surface area contributed by atoms with Crippen LogP contribution in [0.15, 0.2) is 46.9 Å². The molecule has 6 nitrogen and oxygen atoms in total. The summed E-state index contributed by atoms with van der Waals surface area (Å²) < 4.78 is 4.49. The normalized spacial score (nSPS) is 17.2. The first kappa shape index (κ1) is 15.8. The van der Waals surface area contributed by atoms with Gasteiger partial charge >= 0.3 is 11.9 Å². The highest BCUT2D eigenvalue weighted by atomic mass is 35.5. The summed E-state index contributed by atoms with van der Waals surface area (Å²) in [7, 11) is 0. The number of ether oxygens (including phenoxy) is 1. The molecule has 7 heteroatoms. The number of rotatable bonds is 3. The first-order valence-electron chi connectivity index (χ1n) is 6.25. The molecule has 0 fully saturated rings. The Bertz CT molecular complexity index is 731. The first-order valence-corrected chi connectivity index (χ1v) is 6.63. The van der Waals surface area contributed by atoms with E-state index in [1.807, 2.05) is 0 Å². The van der Waals surface area contributed by atoms with Gasteiger partial charge in [0, 0.05) is 16.4 Å². The van der Waals surface area contributed by atoms with Crippen LogP contribution in [0, 0.1) is 0 Å². The predicted molar refractivity (Wildman–Crippen MR) is 79.2 cm³/mol. The fourth-order valence-corrected chi connectivity index (χ4v) is 2.08. The molecule has 1 aromatic rings. The fourth-order valence-electron chi connectivity index (χ4n) is 1.96. The number of carbonyl (C=O) groups is 3. The monoisotopic (exact) mass is 321 g/mol. The van der Waals surface area contributed by atoms with Crippen molar-refractivity contribution in [2.75, 3.05) is 5.32 Å². The molecule has 0 saturated heterocycles. The van der Waals surface area contributed by atoms with Crippen LogP contribution in [0.2, 0.25) is 5.02 Å². The lowest BCUT2D eigenvalue weighted by atomic mass is 10.0. The number of anilines is 1. The Morgan fingerprint density at radius 1 is 1.14 bits per heavy atom. The van der Waals surface area contributed by atoms with Crippen molar-refractivity contribution < 1.29 is 24.2 Å². The van der Waals surface area contributed by atoms with Crippen molar-refractivity contribution in [3.8, 4) is 0 Å². The van der Waals surface area contributed by atoms with Gasteiger partial charge in [-0.25, -0.2) is 9.59 Å². The van der Waals surface area contributed by atoms with Crippen LogP contribution in [-0.4, -0.2) is 22.8 Å². The van der Waals surface area contributed by atoms with Crippen molar-refractivity contribution in [3.63, 3.8) is 0 Å². The van der Waals surface area contributed by atoms with Crippen LogP contribution >= 0.6 is 11.6 Å². The lowest BCUT2D eigenvalue weighted by Gasteiger charge is -2.18. The third-order valence-corrected chi connectivity index (χ3v) is 3.22. The van der Waals surface area contributed by atoms with Gasteiger partial charge in [0.2, 0.25) is 0 Å². The molecule has 0 aliphatic carbocycles. The maximum atomic E-state index is 11.8. The number of esters is 2. The van der Waals surface area contributed by atoms with Crippen LogP contribution in [-0.2, 0) is 19.1 Å². The Morgan fingerprint density at radius 2 is 1.73 bits per heavy atom. The van der Waals surface area contributed by atoms with E-state index in [2.05, 4.69) is 10.1 Å². The number of cyclic esters (lactones) is 2. The summed E-state index contributed by atoms with van der Waals surface area (Å²) in [5.74, 6) is -3.55. The Morgan fingerprint density at radius 3 is 2.27 bits per heavy atom. The highest BCUT2D eigenvalue weighted by Crippen LogP contribution is 2.26. The molecule has 0 saturated carbocycles. The summed E-state index contributed by atoms with van der Waals surface area (Å²) in [6.45, 7) is 2.61. The van der Waals surface area contributed by atoms with Crippen molar-refractivity contribution in [2.45, 2.75) is 13.8 Å². The second-order valence-electron chi connectivity index (χ2n) is 4.59. The SMILES string of the molecule is CC(=O)C1=C(O)C(=C(C)Nc2ccc(Cl)cc2)C(=O)OC1=O. The molecule has 22 heavy (non-hydrogen) atoms. The van der Waals surface area contributed by atoms with E-state index in [4.69, 9.17) is 11.6 Å². The topological polar surface area (TPSA) is 92.7 Å². The molecule has 1 aromatic carbocycles. The summed E-state index contributed by atoms with van der Waals surface area (Å²) >= 11 is 5.78. The van der Waals surface area contributed by atoms with Gasteiger partial charge in [0.15, 0.2) is 5.78 Å². The van der Waals surface area contributed by atoms with Crippen LogP contribution < -0.4 is 5.32 Å². The largest absolute Gasteiger partial charge is 0.506 e. The van der Waals surface area contributed by atoms with E-state index in [1.54, 1.807) is 24.3 Å². The van der Waals surface area contributed by atoms with E-state index in [9.17, 15) is 19.5 Å². The molecule has 0 bridgehead atoms. The summed E-state index contributed by atoms with van der Waals surface area (Å²) in [5.41, 5.74) is 0.0268. The van der Waals surface area contributed by atoms with E-state index < -0.39 is 29.1 Å². The Kier molecular flexibility index (Phi) is 4.32. The third kappa shape index (κ3) is 3.01. The van der Waals surface area contributed by atoms with Crippen LogP contribution in [0.4, 0.5) is 5.69 Å². The van der Waals surface area contributed by atoms with Crippen molar-refractivity contribution >= 4 is 35.0 Å². The van der Waals surface area contributed by atoms with Gasteiger partial charge < -0.3 is 15.2 Å². The summed E-state index contributed by atoms with van der Waals surface area (Å²) in [6, 6.07) is 6.61. The summed E-state index contributed by atoms with van der Waals surface area (Å²) in [4.78, 5) is 34.7. The van der Waals surface area contributed by atoms with Crippen molar-refractivity contribution in [3.05, 3.63) is 51.9 Å². The number of carbonyl (C=O) groups excluding carboxylic acids is 3. The van der Waals surface area contributed by atoms with Gasteiger partial charge in [-0.3, -0.25) is 4.79 Å². The van der Waals surface area contributed by atoms with Crippen LogP contribution in [0.25, 0.3) is 0 Å². The van der Waals surface area contributed by atoms with Crippen molar-refractivity contribution in [2.24, 2.45) is 0 Å². The third-order valence-electron chi connectivity index (χ3n) is 2.97. The van der Waals surface area contributed by atoms with Gasteiger partial charge in [0.1, 0.15) is 16.9 Å². The Labute approximate surface area is 131 Å². The number of nitrogens with one attached hydrogen (secondary N) is 1. The molecule has 0 unspecified atom stereocenters. The molecule has 114 valence electrons. The second-order valence-corrected chi connectivity index (χ2v) is 5.03. The molecule has 1 heterocycles. The number of ketones is 1.